The normalized spacial score (nSPS) is 21.1. The summed E-state index contributed by atoms with van der Waals surface area (Å²) in [6, 6.07) is 7.21. The predicted octanol–water partition coefficient (Wildman–Crippen LogP) is 2.19. The van der Waals surface area contributed by atoms with Gasteiger partial charge in [0, 0.05) is 26.6 Å². The molecule has 2 aliphatic rings. The first-order valence-electron chi connectivity index (χ1n) is 10.9. The average molecular weight is 426 g/mol. The van der Waals surface area contributed by atoms with Crippen LogP contribution in [0.3, 0.4) is 0 Å². The molecule has 0 bridgehead atoms. The maximum absolute atomic E-state index is 13.2. The van der Waals surface area contributed by atoms with E-state index < -0.39 is 6.04 Å². The molecule has 166 valence electrons. The van der Waals surface area contributed by atoms with Crippen LogP contribution in [-0.2, 0) is 25.7 Å². The highest BCUT2D eigenvalue weighted by atomic mass is 16.2. The number of hydrogen-bond donors (Lipinski definition) is 1. The standard InChI is InChI=1S/C24H31N3O4/c1-4-20(22(29)25-3)27(15-17-11-9-16(2)10-12-17)21(28)13-14-26-23(30)18-7-5-6-8-19(18)24(26)31/h5-6,9-12,18-20H,4,7-8,13-15H2,1-3H3,(H,25,29)/t18-,19+,20-/m1/s1. The molecule has 7 nitrogen and oxygen atoms in total. The summed E-state index contributed by atoms with van der Waals surface area (Å²) >= 11 is 0. The molecule has 1 aromatic carbocycles. The maximum Gasteiger partial charge on any atom is 0.242 e. The van der Waals surface area contributed by atoms with Gasteiger partial charge < -0.3 is 10.2 Å². The Hall–Kier alpha value is -2.96. The minimum absolute atomic E-state index is 0.00367. The Morgan fingerprint density at radius 2 is 1.68 bits per heavy atom. The van der Waals surface area contributed by atoms with Crippen LogP contribution in [0.25, 0.3) is 0 Å². The number of aryl methyl sites for hydroxylation is 1. The second-order valence-electron chi connectivity index (χ2n) is 8.28. The van der Waals surface area contributed by atoms with Crippen LogP contribution < -0.4 is 5.32 Å². The molecule has 1 fully saturated rings. The van der Waals surface area contributed by atoms with Crippen LogP contribution in [0.2, 0.25) is 0 Å². The van der Waals surface area contributed by atoms with Gasteiger partial charge in [-0.1, -0.05) is 48.9 Å². The van der Waals surface area contributed by atoms with Gasteiger partial charge in [0.15, 0.2) is 0 Å². The summed E-state index contributed by atoms with van der Waals surface area (Å²) in [5.74, 6) is -1.44. The number of hydrogen-bond acceptors (Lipinski definition) is 4. The number of amides is 4. The summed E-state index contributed by atoms with van der Waals surface area (Å²) in [5, 5.41) is 2.63. The highest BCUT2D eigenvalue weighted by molar-refractivity contribution is 6.05. The van der Waals surface area contributed by atoms with Gasteiger partial charge in [-0.25, -0.2) is 0 Å². The molecule has 0 unspecified atom stereocenters. The smallest absolute Gasteiger partial charge is 0.242 e. The summed E-state index contributed by atoms with van der Waals surface area (Å²) in [6.45, 7) is 4.20. The number of carbonyl (C=O) groups excluding carboxylic acids is 4. The molecule has 0 aromatic heterocycles. The molecule has 1 N–H and O–H groups in total. The Kier molecular flexibility index (Phi) is 7.25. The highest BCUT2D eigenvalue weighted by Crippen LogP contribution is 2.35. The third-order valence-corrected chi connectivity index (χ3v) is 6.25. The van der Waals surface area contributed by atoms with Gasteiger partial charge in [0.05, 0.1) is 11.8 Å². The second kappa shape index (κ2) is 9.90. The molecular weight excluding hydrogens is 394 g/mol. The molecule has 3 rings (SSSR count). The van der Waals surface area contributed by atoms with Gasteiger partial charge in [0.2, 0.25) is 23.6 Å². The molecule has 1 aliphatic carbocycles. The third kappa shape index (κ3) is 4.86. The van der Waals surface area contributed by atoms with Gasteiger partial charge in [-0.2, -0.15) is 0 Å². The van der Waals surface area contributed by atoms with Crippen molar-refractivity contribution in [3.8, 4) is 0 Å². The Labute approximate surface area is 183 Å². The number of nitrogens with one attached hydrogen (secondary N) is 1. The van der Waals surface area contributed by atoms with Gasteiger partial charge in [-0.05, 0) is 31.7 Å². The average Bonchev–Trinajstić information content (AvgIpc) is 3.03. The van der Waals surface area contributed by atoms with Crippen LogP contribution in [0, 0.1) is 18.8 Å². The third-order valence-electron chi connectivity index (χ3n) is 6.25. The van der Waals surface area contributed by atoms with Crippen LogP contribution in [0.5, 0.6) is 0 Å². The molecule has 1 aliphatic heterocycles. The molecule has 1 heterocycles. The summed E-state index contributed by atoms with van der Waals surface area (Å²) in [7, 11) is 1.55. The lowest BCUT2D eigenvalue weighted by Crippen LogP contribution is -2.49. The zero-order chi connectivity index (χ0) is 22.5. The van der Waals surface area contributed by atoms with Crippen LogP contribution in [-0.4, -0.2) is 53.1 Å². The number of likely N-dealkylation sites (N-methyl/N-ethyl adjacent to an activating group) is 1. The van der Waals surface area contributed by atoms with Gasteiger partial charge in [-0.3, -0.25) is 24.1 Å². The fourth-order valence-corrected chi connectivity index (χ4v) is 4.42. The number of carbonyl (C=O) groups is 4. The van der Waals surface area contributed by atoms with E-state index in [2.05, 4.69) is 5.32 Å². The number of imide groups is 1. The molecular formula is C24H31N3O4. The van der Waals surface area contributed by atoms with Crippen LogP contribution in [0.1, 0.15) is 43.7 Å². The summed E-state index contributed by atoms with van der Waals surface area (Å²) < 4.78 is 0. The monoisotopic (exact) mass is 425 g/mol. The predicted molar refractivity (Wildman–Crippen MR) is 117 cm³/mol. The van der Waals surface area contributed by atoms with E-state index in [1.165, 1.54) is 4.90 Å². The first-order valence-corrected chi connectivity index (χ1v) is 10.9. The molecule has 1 aromatic rings. The lowest BCUT2D eigenvalue weighted by molar-refractivity contribution is -0.144. The number of fused-ring (bicyclic) bond motifs is 1. The number of likely N-dealkylation sites (tertiary alicyclic amines) is 1. The SMILES string of the molecule is CC[C@H](C(=O)NC)N(Cc1ccc(C)cc1)C(=O)CCN1C(=O)[C@H]2CC=CC[C@H]2C1=O. The van der Waals surface area contributed by atoms with Crippen LogP contribution in [0.4, 0.5) is 0 Å². The topological polar surface area (TPSA) is 86.8 Å². The molecule has 1 saturated heterocycles. The summed E-state index contributed by atoms with van der Waals surface area (Å²) in [5.41, 5.74) is 2.04. The van der Waals surface area contributed by atoms with Crippen molar-refractivity contribution >= 4 is 23.6 Å². The summed E-state index contributed by atoms with van der Waals surface area (Å²) in [6.07, 6.45) is 5.51. The van der Waals surface area contributed by atoms with Gasteiger partial charge in [0.1, 0.15) is 6.04 Å². The van der Waals surface area contributed by atoms with Crippen molar-refractivity contribution in [2.24, 2.45) is 11.8 Å². The van der Waals surface area contributed by atoms with E-state index in [1.807, 2.05) is 50.3 Å². The lowest BCUT2D eigenvalue weighted by atomic mass is 9.85. The fraction of sp³-hybridized carbons (Fsp3) is 0.500. The maximum atomic E-state index is 13.2. The molecule has 0 radical (unpaired) electrons. The van der Waals surface area contributed by atoms with Crippen molar-refractivity contribution in [3.63, 3.8) is 0 Å². The molecule has 7 heteroatoms. The van der Waals surface area contributed by atoms with E-state index in [1.54, 1.807) is 11.9 Å². The minimum atomic E-state index is -0.615. The van der Waals surface area contributed by atoms with Gasteiger partial charge in [-0.15, -0.1) is 0 Å². The van der Waals surface area contributed by atoms with E-state index in [0.717, 1.165) is 11.1 Å². The minimum Gasteiger partial charge on any atom is -0.357 e. The van der Waals surface area contributed by atoms with E-state index in [4.69, 9.17) is 0 Å². The summed E-state index contributed by atoms with van der Waals surface area (Å²) in [4.78, 5) is 53.8. The Bertz CT molecular complexity index is 851. The number of allylic oxidation sites excluding steroid dienone is 2. The molecule has 0 saturated carbocycles. The lowest BCUT2D eigenvalue weighted by Gasteiger charge is -2.31. The Balaban J connectivity index is 1.73. The first-order chi connectivity index (χ1) is 14.9. The Morgan fingerprint density at radius 3 is 2.19 bits per heavy atom. The van der Waals surface area contributed by atoms with Crippen molar-refractivity contribution in [1.82, 2.24) is 15.1 Å². The van der Waals surface area contributed by atoms with Crippen molar-refractivity contribution in [2.45, 2.75) is 52.1 Å². The van der Waals surface area contributed by atoms with Gasteiger partial charge in [0.25, 0.3) is 0 Å². The molecule has 0 spiro atoms. The number of nitrogens with zero attached hydrogens (tertiary/aromatic N) is 2. The molecule has 3 atom stereocenters. The molecule has 4 amide bonds. The van der Waals surface area contributed by atoms with Crippen LogP contribution >= 0.6 is 0 Å². The van der Waals surface area contributed by atoms with Crippen molar-refractivity contribution < 1.29 is 19.2 Å². The number of rotatable bonds is 8. The largest absolute Gasteiger partial charge is 0.357 e. The van der Waals surface area contributed by atoms with Crippen molar-refractivity contribution in [2.75, 3.05) is 13.6 Å². The zero-order valence-electron chi connectivity index (χ0n) is 18.5. The van der Waals surface area contributed by atoms with Crippen LogP contribution in [0.15, 0.2) is 36.4 Å². The first kappa shape index (κ1) is 22.7. The quantitative estimate of drug-likeness (QED) is 0.511. The van der Waals surface area contributed by atoms with E-state index in [0.29, 0.717) is 25.8 Å². The number of benzene rings is 1. The van der Waals surface area contributed by atoms with Crippen molar-refractivity contribution in [3.05, 3.63) is 47.5 Å². The zero-order valence-corrected chi connectivity index (χ0v) is 18.5. The Morgan fingerprint density at radius 1 is 1.10 bits per heavy atom. The van der Waals surface area contributed by atoms with Crippen molar-refractivity contribution in [1.29, 1.82) is 0 Å². The van der Waals surface area contributed by atoms with E-state index in [9.17, 15) is 19.2 Å². The second-order valence-corrected chi connectivity index (χ2v) is 8.28. The van der Waals surface area contributed by atoms with E-state index >= 15 is 0 Å². The highest BCUT2D eigenvalue weighted by Gasteiger charge is 2.47. The van der Waals surface area contributed by atoms with E-state index in [-0.39, 0.29) is 48.4 Å². The van der Waals surface area contributed by atoms with Gasteiger partial charge >= 0.3 is 0 Å². The molecule has 31 heavy (non-hydrogen) atoms. The fourth-order valence-electron chi connectivity index (χ4n) is 4.42.